The molecule has 1 aliphatic rings. The van der Waals surface area contributed by atoms with E-state index in [-0.39, 0.29) is 18.4 Å². The predicted octanol–water partition coefficient (Wildman–Crippen LogP) is 1.65. The Morgan fingerprint density at radius 1 is 1.15 bits per heavy atom. The lowest BCUT2D eigenvalue weighted by Gasteiger charge is -2.34. The van der Waals surface area contributed by atoms with Crippen molar-refractivity contribution in [2.75, 3.05) is 63.2 Å². The molecular weight excluding hydrogens is 344 g/mol. The molecule has 1 heterocycles. The van der Waals surface area contributed by atoms with Gasteiger partial charge in [-0.05, 0) is 45.0 Å². The first-order chi connectivity index (χ1) is 12.9. The molecule has 7 heteroatoms. The van der Waals surface area contributed by atoms with Crippen molar-refractivity contribution in [2.24, 2.45) is 0 Å². The van der Waals surface area contributed by atoms with Crippen LogP contribution in [0.3, 0.4) is 0 Å². The summed E-state index contributed by atoms with van der Waals surface area (Å²) in [6.07, 6.45) is 0. The maximum absolute atomic E-state index is 12.3. The van der Waals surface area contributed by atoms with E-state index in [9.17, 15) is 9.59 Å². The smallest absolute Gasteiger partial charge is 0.248 e. The molecule has 1 aromatic rings. The van der Waals surface area contributed by atoms with Crippen molar-refractivity contribution in [3.05, 3.63) is 24.3 Å². The van der Waals surface area contributed by atoms with Gasteiger partial charge in [-0.3, -0.25) is 14.5 Å². The molecule has 7 nitrogen and oxygen atoms in total. The molecule has 1 saturated heterocycles. The summed E-state index contributed by atoms with van der Waals surface area (Å²) in [4.78, 5) is 30.3. The molecule has 150 valence electrons. The van der Waals surface area contributed by atoms with Crippen LogP contribution in [0.2, 0.25) is 0 Å². The van der Waals surface area contributed by atoms with E-state index >= 15 is 0 Å². The van der Waals surface area contributed by atoms with Crippen LogP contribution in [0.4, 0.5) is 11.4 Å². The number of hydrogen-bond donors (Lipinski definition) is 1. The number of ether oxygens (including phenoxy) is 1. The highest BCUT2D eigenvalue weighted by atomic mass is 16.5. The van der Waals surface area contributed by atoms with Crippen LogP contribution in [0.1, 0.15) is 20.8 Å². The number of piperazine rings is 1. The number of nitrogens with one attached hydrogen (secondary N) is 1. The van der Waals surface area contributed by atoms with Crippen LogP contribution in [0.15, 0.2) is 24.3 Å². The Morgan fingerprint density at radius 3 is 2.30 bits per heavy atom. The molecule has 1 aromatic carbocycles. The molecule has 0 atom stereocenters. The number of benzene rings is 1. The summed E-state index contributed by atoms with van der Waals surface area (Å²) < 4.78 is 4.89. The number of carbonyl (C=O) groups excluding carboxylic acids is 2. The van der Waals surface area contributed by atoms with Gasteiger partial charge < -0.3 is 19.9 Å². The van der Waals surface area contributed by atoms with Gasteiger partial charge in [-0.25, -0.2) is 0 Å². The number of amides is 2. The third kappa shape index (κ3) is 6.22. The lowest BCUT2D eigenvalue weighted by molar-refractivity contribution is -0.137. The molecule has 2 rings (SSSR count). The standard InChI is InChI=1S/C20H32N4O3/c1-5-24(16(2)3)18-8-6-17(7-9-18)21-19(25)14-22-10-12-23(13-11-22)20(26)15-27-4/h6-9,16H,5,10-15H2,1-4H3,(H,21,25). The summed E-state index contributed by atoms with van der Waals surface area (Å²) >= 11 is 0. The Labute approximate surface area is 162 Å². The molecule has 1 aliphatic heterocycles. The quantitative estimate of drug-likeness (QED) is 0.747. The number of hydrogen-bond acceptors (Lipinski definition) is 5. The fourth-order valence-electron chi connectivity index (χ4n) is 3.36. The van der Waals surface area contributed by atoms with Gasteiger partial charge in [-0.15, -0.1) is 0 Å². The second-order valence-corrected chi connectivity index (χ2v) is 7.06. The number of carbonyl (C=O) groups is 2. The van der Waals surface area contributed by atoms with Crippen molar-refractivity contribution >= 4 is 23.2 Å². The second-order valence-electron chi connectivity index (χ2n) is 7.06. The van der Waals surface area contributed by atoms with Crippen LogP contribution in [-0.4, -0.2) is 80.6 Å². The zero-order valence-electron chi connectivity index (χ0n) is 16.9. The number of methoxy groups -OCH3 is 1. The maximum atomic E-state index is 12.3. The van der Waals surface area contributed by atoms with Crippen LogP contribution < -0.4 is 10.2 Å². The highest BCUT2D eigenvalue weighted by molar-refractivity contribution is 5.92. The van der Waals surface area contributed by atoms with Gasteiger partial charge >= 0.3 is 0 Å². The molecule has 1 N–H and O–H groups in total. The fourth-order valence-corrected chi connectivity index (χ4v) is 3.36. The molecule has 2 amide bonds. The summed E-state index contributed by atoms with van der Waals surface area (Å²) in [6, 6.07) is 8.41. The van der Waals surface area contributed by atoms with Gasteiger partial charge in [0.05, 0.1) is 6.54 Å². The largest absolute Gasteiger partial charge is 0.375 e. The van der Waals surface area contributed by atoms with E-state index in [0.717, 1.165) is 17.9 Å². The minimum atomic E-state index is -0.0318. The SMILES string of the molecule is CCN(c1ccc(NC(=O)CN2CCN(C(=O)COC)CC2)cc1)C(C)C. The first-order valence-corrected chi connectivity index (χ1v) is 9.60. The third-order valence-electron chi connectivity index (χ3n) is 4.81. The lowest BCUT2D eigenvalue weighted by atomic mass is 10.2. The zero-order chi connectivity index (χ0) is 19.8. The van der Waals surface area contributed by atoms with Gasteiger partial charge in [-0.1, -0.05) is 0 Å². The topological polar surface area (TPSA) is 65.1 Å². The number of anilines is 2. The third-order valence-corrected chi connectivity index (χ3v) is 4.81. The van der Waals surface area contributed by atoms with Crippen LogP contribution >= 0.6 is 0 Å². The van der Waals surface area contributed by atoms with Gasteiger partial charge in [0.25, 0.3) is 0 Å². The average Bonchev–Trinajstić information content (AvgIpc) is 2.64. The summed E-state index contributed by atoms with van der Waals surface area (Å²) in [5.74, 6) is -0.0279. The van der Waals surface area contributed by atoms with Crippen LogP contribution in [-0.2, 0) is 14.3 Å². The highest BCUT2D eigenvalue weighted by Crippen LogP contribution is 2.20. The summed E-state index contributed by atoms with van der Waals surface area (Å²) in [5.41, 5.74) is 1.96. The molecule has 0 aliphatic carbocycles. The Morgan fingerprint density at radius 2 is 1.78 bits per heavy atom. The molecule has 0 radical (unpaired) electrons. The normalized spacial score (nSPS) is 15.1. The van der Waals surface area contributed by atoms with Crippen molar-refractivity contribution in [1.82, 2.24) is 9.80 Å². The van der Waals surface area contributed by atoms with Crippen molar-refractivity contribution in [2.45, 2.75) is 26.8 Å². The molecule has 0 bridgehead atoms. The minimum Gasteiger partial charge on any atom is -0.375 e. The van der Waals surface area contributed by atoms with Gasteiger partial charge in [0, 0.05) is 57.3 Å². The average molecular weight is 377 g/mol. The second kappa shape index (κ2) is 10.3. The number of nitrogens with zero attached hydrogens (tertiary/aromatic N) is 3. The molecule has 1 fully saturated rings. The summed E-state index contributed by atoms with van der Waals surface area (Å²) in [7, 11) is 1.52. The Hall–Kier alpha value is -2.12. The van der Waals surface area contributed by atoms with Crippen molar-refractivity contribution < 1.29 is 14.3 Å². The van der Waals surface area contributed by atoms with E-state index in [1.165, 1.54) is 7.11 Å². The summed E-state index contributed by atoms with van der Waals surface area (Å²) in [5, 5.41) is 2.96. The fraction of sp³-hybridized carbons (Fsp3) is 0.600. The minimum absolute atomic E-state index is 0.00390. The predicted molar refractivity (Wildman–Crippen MR) is 108 cm³/mol. The van der Waals surface area contributed by atoms with Gasteiger partial charge in [-0.2, -0.15) is 0 Å². The van der Waals surface area contributed by atoms with Crippen LogP contribution in [0, 0.1) is 0 Å². The highest BCUT2D eigenvalue weighted by Gasteiger charge is 2.22. The Kier molecular flexibility index (Phi) is 8.06. The zero-order valence-corrected chi connectivity index (χ0v) is 16.9. The maximum Gasteiger partial charge on any atom is 0.248 e. The molecule has 0 saturated carbocycles. The molecule has 0 spiro atoms. The van der Waals surface area contributed by atoms with E-state index in [2.05, 4.69) is 35.9 Å². The van der Waals surface area contributed by atoms with Crippen molar-refractivity contribution in [1.29, 1.82) is 0 Å². The van der Waals surface area contributed by atoms with Gasteiger partial charge in [0.15, 0.2) is 0 Å². The molecule has 27 heavy (non-hydrogen) atoms. The first-order valence-electron chi connectivity index (χ1n) is 9.60. The Bertz CT molecular complexity index is 610. The van der Waals surface area contributed by atoms with Gasteiger partial charge in [0.2, 0.25) is 11.8 Å². The molecule has 0 unspecified atom stereocenters. The van der Waals surface area contributed by atoms with Crippen molar-refractivity contribution in [3.8, 4) is 0 Å². The lowest BCUT2D eigenvalue weighted by Crippen LogP contribution is -2.51. The van der Waals surface area contributed by atoms with Crippen LogP contribution in [0.5, 0.6) is 0 Å². The van der Waals surface area contributed by atoms with Gasteiger partial charge in [0.1, 0.15) is 6.61 Å². The molecular formula is C20H32N4O3. The van der Waals surface area contributed by atoms with E-state index < -0.39 is 0 Å². The monoisotopic (exact) mass is 376 g/mol. The van der Waals surface area contributed by atoms with E-state index in [4.69, 9.17) is 4.74 Å². The van der Waals surface area contributed by atoms with E-state index in [1.54, 1.807) is 4.90 Å². The first kappa shape index (κ1) is 21.2. The molecule has 0 aromatic heterocycles. The van der Waals surface area contributed by atoms with Crippen molar-refractivity contribution in [3.63, 3.8) is 0 Å². The van der Waals surface area contributed by atoms with E-state index in [1.807, 2.05) is 24.3 Å². The summed E-state index contributed by atoms with van der Waals surface area (Å²) in [6.45, 7) is 10.5. The van der Waals surface area contributed by atoms with E-state index in [0.29, 0.717) is 38.8 Å². The van der Waals surface area contributed by atoms with Crippen LogP contribution in [0.25, 0.3) is 0 Å². The number of rotatable bonds is 8. The Balaban J connectivity index is 1.80.